The van der Waals surface area contributed by atoms with E-state index in [1.807, 2.05) is 18.2 Å². The van der Waals surface area contributed by atoms with Gasteiger partial charge in [0.15, 0.2) is 5.13 Å². The molecule has 27 heavy (non-hydrogen) atoms. The van der Waals surface area contributed by atoms with Crippen molar-refractivity contribution in [3.05, 3.63) is 47.9 Å². The molecule has 0 spiro atoms. The number of methoxy groups -OCH3 is 1. The lowest BCUT2D eigenvalue weighted by Gasteiger charge is -2.10. The average Bonchev–Trinajstić information content (AvgIpc) is 3.05. The second-order valence-electron chi connectivity index (χ2n) is 5.52. The number of hydrogen-bond donors (Lipinski definition) is 4. The SMILES string of the molecule is CN/C=C(\C=N)Nc1cc(COc2cc(OC)c3nc(N)sc3c2)ccn1. The van der Waals surface area contributed by atoms with E-state index in [4.69, 9.17) is 20.6 Å². The first-order chi connectivity index (χ1) is 13.1. The van der Waals surface area contributed by atoms with E-state index in [1.54, 1.807) is 32.6 Å². The molecule has 0 aliphatic carbocycles. The molecule has 8 nitrogen and oxygen atoms in total. The van der Waals surface area contributed by atoms with Crippen LogP contribution in [0.5, 0.6) is 11.5 Å². The Labute approximate surface area is 160 Å². The van der Waals surface area contributed by atoms with Crippen molar-refractivity contribution in [2.24, 2.45) is 0 Å². The Kier molecular flexibility index (Phi) is 5.72. The molecule has 2 aromatic heterocycles. The number of nitrogens with zero attached hydrogens (tertiary/aromatic N) is 2. The number of allylic oxidation sites excluding steroid dienone is 1. The summed E-state index contributed by atoms with van der Waals surface area (Å²) in [5.74, 6) is 1.93. The van der Waals surface area contributed by atoms with E-state index >= 15 is 0 Å². The molecule has 5 N–H and O–H groups in total. The maximum Gasteiger partial charge on any atom is 0.181 e. The van der Waals surface area contributed by atoms with Crippen LogP contribution < -0.4 is 25.8 Å². The lowest BCUT2D eigenvalue weighted by Crippen LogP contribution is -2.07. The van der Waals surface area contributed by atoms with Crippen LogP contribution in [0, 0.1) is 5.41 Å². The third kappa shape index (κ3) is 4.45. The second-order valence-corrected chi connectivity index (χ2v) is 6.58. The first-order valence-corrected chi connectivity index (χ1v) is 8.91. The topological polar surface area (TPSA) is 118 Å². The molecule has 3 aromatic rings. The number of anilines is 2. The smallest absolute Gasteiger partial charge is 0.181 e. The molecule has 1 aromatic carbocycles. The zero-order chi connectivity index (χ0) is 19.2. The molecule has 0 saturated heterocycles. The average molecular weight is 384 g/mol. The molecule has 0 fully saturated rings. The van der Waals surface area contributed by atoms with Crippen LogP contribution in [0.1, 0.15) is 5.56 Å². The minimum atomic E-state index is 0.357. The lowest BCUT2D eigenvalue weighted by molar-refractivity contribution is 0.304. The Hall–Kier alpha value is -3.33. The van der Waals surface area contributed by atoms with Gasteiger partial charge in [0.2, 0.25) is 0 Å². The van der Waals surface area contributed by atoms with Gasteiger partial charge >= 0.3 is 0 Å². The van der Waals surface area contributed by atoms with Crippen molar-refractivity contribution in [3.8, 4) is 11.5 Å². The van der Waals surface area contributed by atoms with E-state index in [1.165, 1.54) is 17.6 Å². The predicted octanol–water partition coefficient (Wildman–Crippen LogP) is 2.98. The van der Waals surface area contributed by atoms with Gasteiger partial charge in [-0.1, -0.05) is 11.3 Å². The highest BCUT2D eigenvalue weighted by Gasteiger charge is 2.11. The van der Waals surface area contributed by atoms with Gasteiger partial charge in [-0.05, 0) is 23.8 Å². The summed E-state index contributed by atoms with van der Waals surface area (Å²) >= 11 is 1.39. The molecular weight excluding hydrogens is 364 g/mol. The van der Waals surface area contributed by atoms with Crippen molar-refractivity contribution in [3.63, 3.8) is 0 Å². The molecule has 0 aliphatic rings. The summed E-state index contributed by atoms with van der Waals surface area (Å²) in [6.07, 6.45) is 4.58. The van der Waals surface area contributed by atoms with E-state index in [2.05, 4.69) is 20.6 Å². The molecule has 140 valence electrons. The molecule has 2 heterocycles. The van der Waals surface area contributed by atoms with Gasteiger partial charge in [-0.3, -0.25) is 0 Å². The van der Waals surface area contributed by atoms with Gasteiger partial charge in [-0.25, -0.2) is 9.97 Å². The van der Waals surface area contributed by atoms with Crippen LogP contribution in [0.4, 0.5) is 10.9 Å². The van der Waals surface area contributed by atoms with Gasteiger partial charge in [0.25, 0.3) is 0 Å². The number of hydrogen-bond acceptors (Lipinski definition) is 9. The zero-order valence-corrected chi connectivity index (χ0v) is 15.8. The van der Waals surface area contributed by atoms with Crippen molar-refractivity contribution in [1.29, 1.82) is 5.41 Å². The van der Waals surface area contributed by atoms with Crippen molar-refractivity contribution >= 4 is 38.7 Å². The van der Waals surface area contributed by atoms with Crippen molar-refractivity contribution in [2.75, 3.05) is 25.2 Å². The number of thiazole rings is 1. The monoisotopic (exact) mass is 384 g/mol. The summed E-state index contributed by atoms with van der Waals surface area (Å²) in [6, 6.07) is 7.44. The molecule has 0 atom stereocenters. The Bertz CT molecular complexity index is 985. The Morgan fingerprint density at radius 3 is 2.96 bits per heavy atom. The maximum atomic E-state index is 7.39. The van der Waals surface area contributed by atoms with Crippen LogP contribution >= 0.6 is 11.3 Å². The summed E-state index contributed by atoms with van der Waals surface area (Å²) in [4.78, 5) is 8.53. The first kappa shape index (κ1) is 18.5. The van der Waals surface area contributed by atoms with Crippen LogP contribution in [0.3, 0.4) is 0 Å². The fourth-order valence-electron chi connectivity index (χ4n) is 2.45. The highest BCUT2D eigenvalue weighted by Crippen LogP contribution is 2.35. The summed E-state index contributed by atoms with van der Waals surface area (Å²) in [5.41, 5.74) is 8.06. The zero-order valence-electron chi connectivity index (χ0n) is 14.9. The number of rotatable bonds is 8. The molecule has 0 saturated carbocycles. The molecular formula is C18H20N6O2S. The quantitative estimate of drug-likeness (QED) is 0.441. The number of nitrogen functional groups attached to an aromatic ring is 1. The summed E-state index contributed by atoms with van der Waals surface area (Å²) < 4.78 is 12.2. The van der Waals surface area contributed by atoms with Crippen molar-refractivity contribution < 1.29 is 9.47 Å². The molecule has 9 heteroatoms. The second kappa shape index (κ2) is 8.37. The van der Waals surface area contributed by atoms with Crippen molar-refractivity contribution in [1.82, 2.24) is 15.3 Å². The van der Waals surface area contributed by atoms with Crippen LogP contribution in [0.15, 0.2) is 42.4 Å². The standard InChI is InChI=1S/C18H20N6O2S/c1-21-9-12(8-19)23-16-5-11(3-4-22-16)10-26-13-6-14(25-2)17-15(7-13)27-18(20)24-17/h3-9,19,21H,10H2,1-2H3,(H2,20,24)(H,22,23)/b12-9+,19-8?. The first-order valence-electron chi connectivity index (χ1n) is 8.09. The third-order valence-corrected chi connectivity index (χ3v) is 4.46. The normalized spacial score (nSPS) is 11.3. The van der Waals surface area contributed by atoms with Crippen LogP contribution in [0.25, 0.3) is 10.2 Å². The number of nitrogens with two attached hydrogens (primary N) is 1. The van der Waals surface area contributed by atoms with E-state index in [-0.39, 0.29) is 0 Å². The van der Waals surface area contributed by atoms with E-state index in [0.717, 1.165) is 15.8 Å². The lowest BCUT2D eigenvalue weighted by atomic mass is 10.2. The largest absolute Gasteiger partial charge is 0.494 e. The molecule has 0 amide bonds. The summed E-state index contributed by atoms with van der Waals surface area (Å²) in [5, 5.41) is 13.8. The van der Waals surface area contributed by atoms with E-state index < -0.39 is 0 Å². The maximum absolute atomic E-state index is 7.39. The van der Waals surface area contributed by atoms with Gasteiger partial charge in [0.05, 0.1) is 17.5 Å². The fourth-order valence-corrected chi connectivity index (χ4v) is 3.23. The number of benzene rings is 1. The highest BCUT2D eigenvalue weighted by atomic mass is 32.1. The number of pyridine rings is 1. The summed E-state index contributed by atoms with van der Waals surface area (Å²) in [7, 11) is 3.36. The Morgan fingerprint density at radius 2 is 2.22 bits per heavy atom. The molecule has 3 rings (SSSR count). The molecule has 0 radical (unpaired) electrons. The van der Waals surface area contributed by atoms with E-state index in [0.29, 0.717) is 34.8 Å². The Morgan fingerprint density at radius 1 is 1.37 bits per heavy atom. The third-order valence-electron chi connectivity index (χ3n) is 3.63. The minimum Gasteiger partial charge on any atom is -0.494 e. The van der Waals surface area contributed by atoms with Crippen LogP contribution in [-0.4, -0.2) is 30.3 Å². The van der Waals surface area contributed by atoms with Crippen molar-refractivity contribution in [2.45, 2.75) is 6.61 Å². The highest BCUT2D eigenvalue weighted by molar-refractivity contribution is 7.22. The molecule has 0 unspecified atom stereocenters. The predicted molar refractivity (Wildman–Crippen MR) is 109 cm³/mol. The van der Waals surface area contributed by atoms with Crippen LogP contribution in [0.2, 0.25) is 0 Å². The van der Waals surface area contributed by atoms with Gasteiger partial charge in [-0.15, -0.1) is 0 Å². The van der Waals surface area contributed by atoms with Gasteiger partial charge < -0.3 is 31.3 Å². The number of aromatic nitrogens is 2. The number of nitrogens with one attached hydrogen (secondary N) is 3. The van der Waals surface area contributed by atoms with E-state index in [9.17, 15) is 0 Å². The summed E-state index contributed by atoms with van der Waals surface area (Å²) in [6.45, 7) is 0.357. The van der Waals surface area contributed by atoms with Gasteiger partial charge in [0.1, 0.15) is 29.4 Å². The van der Waals surface area contributed by atoms with Gasteiger partial charge in [-0.2, -0.15) is 0 Å². The Balaban J connectivity index is 1.75. The van der Waals surface area contributed by atoms with Gasteiger partial charge in [0, 0.05) is 31.7 Å². The molecule has 0 bridgehead atoms. The number of ether oxygens (including phenoxy) is 2. The molecule has 0 aliphatic heterocycles. The minimum absolute atomic E-state index is 0.357. The number of fused-ring (bicyclic) bond motifs is 1. The van der Waals surface area contributed by atoms with Crippen LogP contribution in [-0.2, 0) is 6.61 Å². The fraction of sp³-hybridized carbons (Fsp3) is 0.167.